The van der Waals surface area contributed by atoms with Gasteiger partial charge in [0, 0.05) is 38.4 Å². The summed E-state index contributed by atoms with van der Waals surface area (Å²) in [5, 5.41) is 6.65. The molecule has 0 aromatic carbocycles. The highest BCUT2D eigenvalue weighted by molar-refractivity contribution is 14.0. The van der Waals surface area contributed by atoms with Crippen molar-refractivity contribution in [2.24, 2.45) is 4.99 Å². The lowest BCUT2D eigenvalue weighted by Gasteiger charge is -2.15. The molecule has 122 valence electrons. The van der Waals surface area contributed by atoms with Gasteiger partial charge in [-0.1, -0.05) is 17.7 Å². The number of nitrogens with zero attached hydrogens (tertiary/aromatic N) is 2. The van der Waals surface area contributed by atoms with E-state index in [9.17, 15) is 0 Å². The number of pyridine rings is 1. The van der Waals surface area contributed by atoms with Gasteiger partial charge in [-0.15, -0.1) is 24.0 Å². The van der Waals surface area contributed by atoms with E-state index in [-0.39, 0.29) is 24.0 Å². The highest BCUT2D eigenvalue weighted by atomic mass is 127. The molecule has 0 spiro atoms. The molecule has 0 bridgehead atoms. The highest BCUT2D eigenvalue weighted by Crippen LogP contribution is 2.10. The largest absolute Gasteiger partial charge is 0.377 e. The molecule has 2 heterocycles. The Hall–Kier alpha value is -1.15. The number of nitrogens with one attached hydrogen (secondary N) is 2. The maximum absolute atomic E-state index is 5.30. The van der Waals surface area contributed by atoms with Crippen molar-refractivity contribution in [1.29, 1.82) is 0 Å². The molecule has 1 aromatic rings. The van der Waals surface area contributed by atoms with Gasteiger partial charge in [-0.25, -0.2) is 0 Å². The smallest absolute Gasteiger partial charge is 0.190 e. The number of hydrogen-bond donors (Lipinski definition) is 2. The molecule has 0 fully saturated rings. The molecular formula is C16H25IN4O. The topological polar surface area (TPSA) is 58.5 Å². The van der Waals surface area contributed by atoms with Crippen LogP contribution >= 0.6 is 24.0 Å². The summed E-state index contributed by atoms with van der Waals surface area (Å²) in [5.74, 6) is 0.846. The van der Waals surface area contributed by atoms with Crippen molar-refractivity contribution in [3.8, 4) is 0 Å². The molecule has 0 unspecified atom stereocenters. The van der Waals surface area contributed by atoms with E-state index in [4.69, 9.17) is 4.74 Å². The number of ether oxygens (including phenoxy) is 1. The molecular weight excluding hydrogens is 391 g/mol. The van der Waals surface area contributed by atoms with Crippen molar-refractivity contribution in [2.75, 3.05) is 33.4 Å². The SMILES string of the molecule is CN=C(NCCC1=CCOCC1)NCCc1ccccn1.I. The van der Waals surface area contributed by atoms with E-state index in [1.807, 2.05) is 24.4 Å². The monoisotopic (exact) mass is 416 g/mol. The number of guanidine groups is 1. The Bertz CT molecular complexity index is 476. The van der Waals surface area contributed by atoms with E-state index in [0.29, 0.717) is 0 Å². The average molecular weight is 416 g/mol. The Morgan fingerprint density at radius 3 is 2.73 bits per heavy atom. The van der Waals surface area contributed by atoms with Crippen LogP contribution in [0.25, 0.3) is 0 Å². The van der Waals surface area contributed by atoms with Crippen LogP contribution in [0.4, 0.5) is 0 Å². The molecule has 2 rings (SSSR count). The fourth-order valence-corrected chi connectivity index (χ4v) is 2.21. The van der Waals surface area contributed by atoms with Crippen molar-refractivity contribution >= 4 is 29.9 Å². The van der Waals surface area contributed by atoms with Gasteiger partial charge < -0.3 is 15.4 Å². The van der Waals surface area contributed by atoms with Gasteiger partial charge in [0.15, 0.2) is 5.96 Å². The number of hydrogen-bond acceptors (Lipinski definition) is 3. The Morgan fingerprint density at radius 1 is 1.27 bits per heavy atom. The minimum Gasteiger partial charge on any atom is -0.377 e. The zero-order valence-corrected chi connectivity index (χ0v) is 15.4. The summed E-state index contributed by atoms with van der Waals surface area (Å²) >= 11 is 0. The number of aromatic nitrogens is 1. The summed E-state index contributed by atoms with van der Waals surface area (Å²) in [4.78, 5) is 8.54. The average Bonchev–Trinajstić information content (AvgIpc) is 2.55. The maximum Gasteiger partial charge on any atom is 0.190 e. The third kappa shape index (κ3) is 7.22. The lowest BCUT2D eigenvalue weighted by Crippen LogP contribution is -2.39. The maximum atomic E-state index is 5.30. The third-order valence-corrected chi connectivity index (χ3v) is 3.42. The van der Waals surface area contributed by atoms with Crippen molar-refractivity contribution in [1.82, 2.24) is 15.6 Å². The van der Waals surface area contributed by atoms with Crippen LogP contribution < -0.4 is 10.6 Å². The Kier molecular flexibility index (Phi) is 9.81. The first-order valence-corrected chi connectivity index (χ1v) is 7.48. The van der Waals surface area contributed by atoms with Gasteiger partial charge in [-0.05, 0) is 25.0 Å². The molecule has 0 radical (unpaired) electrons. The molecule has 0 atom stereocenters. The fraction of sp³-hybridized carbons (Fsp3) is 0.500. The van der Waals surface area contributed by atoms with Crippen molar-refractivity contribution in [2.45, 2.75) is 19.3 Å². The van der Waals surface area contributed by atoms with E-state index in [1.54, 1.807) is 7.05 Å². The minimum absolute atomic E-state index is 0. The molecule has 1 aliphatic heterocycles. The second kappa shape index (κ2) is 11.4. The van der Waals surface area contributed by atoms with E-state index >= 15 is 0 Å². The number of halogens is 1. The zero-order chi connectivity index (χ0) is 14.8. The molecule has 0 saturated carbocycles. The quantitative estimate of drug-likeness (QED) is 0.323. The predicted octanol–water partition coefficient (Wildman–Crippen LogP) is 2.14. The first-order valence-electron chi connectivity index (χ1n) is 7.48. The zero-order valence-electron chi connectivity index (χ0n) is 13.0. The third-order valence-electron chi connectivity index (χ3n) is 3.42. The molecule has 6 heteroatoms. The van der Waals surface area contributed by atoms with Gasteiger partial charge in [0.2, 0.25) is 0 Å². The summed E-state index contributed by atoms with van der Waals surface area (Å²) in [6.45, 7) is 3.33. The van der Waals surface area contributed by atoms with Crippen molar-refractivity contribution in [3.63, 3.8) is 0 Å². The van der Waals surface area contributed by atoms with E-state index in [1.165, 1.54) is 5.57 Å². The van der Waals surface area contributed by atoms with E-state index in [2.05, 4.69) is 26.7 Å². The lowest BCUT2D eigenvalue weighted by molar-refractivity contribution is 0.153. The summed E-state index contributed by atoms with van der Waals surface area (Å²) in [5.41, 5.74) is 2.56. The predicted molar refractivity (Wildman–Crippen MR) is 101 cm³/mol. The second-order valence-corrected chi connectivity index (χ2v) is 4.93. The molecule has 0 aliphatic carbocycles. The van der Waals surface area contributed by atoms with Crippen LogP contribution in [0.1, 0.15) is 18.5 Å². The van der Waals surface area contributed by atoms with Crippen LogP contribution in [0.2, 0.25) is 0 Å². The van der Waals surface area contributed by atoms with Crippen LogP contribution in [0.5, 0.6) is 0 Å². The number of aliphatic imine (C=N–C) groups is 1. The van der Waals surface area contributed by atoms with Crippen LogP contribution in [0.15, 0.2) is 41.0 Å². The Morgan fingerprint density at radius 2 is 2.09 bits per heavy atom. The second-order valence-electron chi connectivity index (χ2n) is 4.93. The standard InChI is InChI=1S/C16H24N4O.HI/c1-17-16(19-10-5-14-7-12-21-13-8-14)20-11-6-15-4-2-3-9-18-15;/h2-4,7,9H,5-6,8,10-13H2,1H3,(H2,17,19,20);1H. The first kappa shape index (κ1) is 18.9. The number of rotatable bonds is 6. The molecule has 0 amide bonds. The molecule has 1 aromatic heterocycles. The minimum atomic E-state index is 0. The lowest BCUT2D eigenvalue weighted by atomic mass is 10.1. The van der Waals surface area contributed by atoms with Crippen LogP contribution in [0.3, 0.4) is 0 Å². The summed E-state index contributed by atoms with van der Waals surface area (Å²) in [6, 6.07) is 5.98. The van der Waals surface area contributed by atoms with Gasteiger partial charge in [0.25, 0.3) is 0 Å². The van der Waals surface area contributed by atoms with Gasteiger partial charge in [-0.3, -0.25) is 9.98 Å². The van der Waals surface area contributed by atoms with Gasteiger partial charge in [0.1, 0.15) is 0 Å². The summed E-state index contributed by atoms with van der Waals surface area (Å²) in [7, 11) is 1.80. The Labute approximate surface area is 149 Å². The van der Waals surface area contributed by atoms with Crippen LogP contribution in [0, 0.1) is 0 Å². The summed E-state index contributed by atoms with van der Waals surface area (Å²) in [6.07, 6.45) is 6.99. The van der Waals surface area contributed by atoms with Crippen LogP contribution in [-0.4, -0.2) is 44.3 Å². The highest BCUT2D eigenvalue weighted by Gasteiger charge is 2.04. The summed E-state index contributed by atoms with van der Waals surface area (Å²) < 4.78 is 5.30. The molecule has 22 heavy (non-hydrogen) atoms. The molecule has 1 aliphatic rings. The Balaban J connectivity index is 0.00000242. The van der Waals surface area contributed by atoms with E-state index in [0.717, 1.165) is 57.2 Å². The normalized spacial score (nSPS) is 14.8. The van der Waals surface area contributed by atoms with Crippen LogP contribution in [-0.2, 0) is 11.2 Å². The molecule has 2 N–H and O–H groups in total. The molecule has 5 nitrogen and oxygen atoms in total. The van der Waals surface area contributed by atoms with Gasteiger partial charge in [-0.2, -0.15) is 0 Å². The first-order chi connectivity index (χ1) is 10.4. The van der Waals surface area contributed by atoms with E-state index < -0.39 is 0 Å². The van der Waals surface area contributed by atoms with Gasteiger partial charge >= 0.3 is 0 Å². The molecule has 0 saturated heterocycles. The van der Waals surface area contributed by atoms with Gasteiger partial charge in [0.05, 0.1) is 13.2 Å². The van der Waals surface area contributed by atoms with Crippen molar-refractivity contribution < 1.29 is 4.74 Å². The van der Waals surface area contributed by atoms with Crippen molar-refractivity contribution in [3.05, 3.63) is 41.7 Å². The fourth-order valence-electron chi connectivity index (χ4n) is 2.21.